The highest BCUT2D eigenvalue weighted by molar-refractivity contribution is 5.68. The Bertz CT molecular complexity index is 862. The van der Waals surface area contributed by atoms with E-state index in [0.717, 1.165) is 17.8 Å². The highest BCUT2D eigenvalue weighted by atomic mass is 19.4. The molecule has 3 nitrogen and oxygen atoms in total. The molecular weight excluding hydrogens is 343 g/mol. The molecule has 0 unspecified atom stereocenters. The van der Waals surface area contributed by atoms with Gasteiger partial charge in [-0.1, -0.05) is 42.5 Å². The van der Waals surface area contributed by atoms with Crippen LogP contribution in [-0.4, -0.2) is 10.1 Å². The summed E-state index contributed by atoms with van der Waals surface area (Å²) in [5.74, 6) is 0.556. The first kappa shape index (κ1) is 17.9. The number of benzene rings is 2. The Kier molecular flexibility index (Phi) is 5.23. The van der Waals surface area contributed by atoms with Crippen LogP contribution in [0.15, 0.2) is 66.9 Å². The zero-order valence-electron chi connectivity index (χ0n) is 13.7. The normalized spacial score (nSPS) is 11.4. The zero-order valence-corrected chi connectivity index (χ0v) is 13.7. The maximum absolute atomic E-state index is 12.7. The van der Waals surface area contributed by atoms with Crippen LogP contribution < -0.4 is 4.74 Å². The van der Waals surface area contributed by atoms with Gasteiger partial charge in [0.05, 0.1) is 6.61 Å². The van der Waals surface area contributed by atoms with Crippen LogP contribution in [0.2, 0.25) is 0 Å². The molecule has 1 N–H and O–H groups in total. The summed E-state index contributed by atoms with van der Waals surface area (Å²) in [6.45, 7) is 0.124. The Morgan fingerprint density at radius 3 is 2.35 bits per heavy atom. The van der Waals surface area contributed by atoms with Crippen molar-refractivity contribution in [2.75, 3.05) is 0 Å². The maximum atomic E-state index is 12.7. The highest BCUT2D eigenvalue weighted by Crippen LogP contribution is 2.31. The van der Waals surface area contributed by atoms with Crippen molar-refractivity contribution in [3.63, 3.8) is 0 Å². The molecule has 2 aromatic carbocycles. The fourth-order valence-electron chi connectivity index (χ4n) is 2.51. The van der Waals surface area contributed by atoms with E-state index < -0.39 is 11.9 Å². The average Bonchev–Trinajstić information content (AvgIpc) is 2.66. The quantitative estimate of drug-likeness (QED) is 0.709. The number of aliphatic hydroxyl groups is 1. The lowest BCUT2D eigenvalue weighted by Gasteiger charge is -2.13. The van der Waals surface area contributed by atoms with Crippen LogP contribution in [0.1, 0.15) is 16.8 Å². The predicted molar refractivity (Wildman–Crippen MR) is 91.4 cm³/mol. The fourth-order valence-corrected chi connectivity index (χ4v) is 2.51. The SMILES string of the molecule is OCc1ccc(OCc2ccccc2)cc1-c1ccc(C(F)(F)F)nc1. The molecule has 0 saturated carbocycles. The molecule has 1 aromatic heterocycles. The zero-order chi connectivity index (χ0) is 18.6. The first-order chi connectivity index (χ1) is 12.5. The molecule has 0 saturated heterocycles. The first-order valence-electron chi connectivity index (χ1n) is 7.91. The third-order valence-corrected chi connectivity index (χ3v) is 3.86. The molecule has 6 heteroatoms. The van der Waals surface area contributed by atoms with Crippen molar-refractivity contribution in [3.05, 3.63) is 83.7 Å². The minimum absolute atomic E-state index is 0.241. The molecule has 3 rings (SSSR count). The molecule has 0 fully saturated rings. The molecule has 0 aliphatic heterocycles. The van der Waals surface area contributed by atoms with Gasteiger partial charge >= 0.3 is 6.18 Å². The van der Waals surface area contributed by atoms with Crippen LogP contribution in [0.25, 0.3) is 11.1 Å². The number of hydrogen-bond donors (Lipinski definition) is 1. The molecule has 26 heavy (non-hydrogen) atoms. The molecule has 134 valence electrons. The summed E-state index contributed by atoms with van der Waals surface area (Å²) in [6, 6.07) is 17.0. The third-order valence-electron chi connectivity index (χ3n) is 3.86. The van der Waals surface area contributed by atoms with Crippen molar-refractivity contribution in [2.24, 2.45) is 0 Å². The number of hydrogen-bond acceptors (Lipinski definition) is 3. The second-order valence-electron chi connectivity index (χ2n) is 5.68. The Hall–Kier alpha value is -2.86. The first-order valence-corrected chi connectivity index (χ1v) is 7.91. The van der Waals surface area contributed by atoms with Crippen molar-refractivity contribution >= 4 is 0 Å². The highest BCUT2D eigenvalue weighted by Gasteiger charge is 2.32. The van der Waals surface area contributed by atoms with E-state index in [9.17, 15) is 18.3 Å². The summed E-state index contributed by atoms with van der Waals surface area (Å²) in [6.07, 6.45) is -3.34. The minimum atomic E-state index is -4.49. The van der Waals surface area contributed by atoms with E-state index in [2.05, 4.69) is 4.98 Å². The van der Waals surface area contributed by atoms with Crippen LogP contribution >= 0.6 is 0 Å². The average molecular weight is 359 g/mol. The molecule has 0 aliphatic carbocycles. The van der Waals surface area contributed by atoms with E-state index in [0.29, 0.717) is 29.0 Å². The number of halogens is 3. The summed E-state index contributed by atoms with van der Waals surface area (Å²) >= 11 is 0. The largest absolute Gasteiger partial charge is 0.489 e. The van der Waals surface area contributed by atoms with Gasteiger partial charge in [-0.3, -0.25) is 4.98 Å². The van der Waals surface area contributed by atoms with Crippen molar-refractivity contribution in [3.8, 4) is 16.9 Å². The minimum Gasteiger partial charge on any atom is -0.489 e. The van der Waals surface area contributed by atoms with Crippen LogP contribution in [0, 0.1) is 0 Å². The number of nitrogens with zero attached hydrogens (tertiary/aromatic N) is 1. The monoisotopic (exact) mass is 359 g/mol. The number of ether oxygens (including phenoxy) is 1. The summed E-state index contributed by atoms with van der Waals surface area (Å²) in [7, 11) is 0. The lowest BCUT2D eigenvalue weighted by Crippen LogP contribution is -2.07. The van der Waals surface area contributed by atoms with Crippen molar-refractivity contribution in [1.82, 2.24) is 4.98 Å². The molecule has 0 radical (unpaired) electrons. The van der Waals surface area contributed by atoms with Gasteiger partial charge in [-0.05, 0) is 34.9 Å². The van der Waals surface area contributed by atoms with E-state index >= 15 is 0 Å². The van der Waals surface area contributed by atoms with Gasteiger partial charge in [0.1, 0.15) is 18.1 Å². The van der Waals surface area contributed by atoms with Gasteiger partial charge in [0.25, 0.3) is 0 Å². The number of rotatable bonds is 5. The van der Waals surface area contributed by atoms with Crippen LogP contribution in [-0.2, 0) is 19.4 Å². The molecular formula is C20H16F3NO2. The summed E-state index contributed by atoms with van der Waals surface area (Å²) in [5.41, 5.74) is 1.69. The van der Waals surface area contributed by atoms with Gasteiger partial charge in [0, 0.05) is 11.8 Å². The molecule has 3 aromatic rings. The van der Waals surface area contributed by atoms with Crippen molar-refractivity contribution in [1.29, 1.82) is 0 Å². The van der Waals surface area contributed by atoms with E-state index in [-0.39, 0.29) is 6.61 Å². The van der Waals surface area contributed by atoms with E-state index in [1.807, 2.05) is 30.3 Å². The molecule has 0 atom stereocenters. The van der Waals surface area contributed by atoms with Crippen LogP contribution in [0.3, 0.4) is 0 Å². The Morgan fingerprint density at radius 1 is 0.962 bits per heavy atom. The predicted octanol–water partition coefficient (Wildman–Crippen LogP) is 4.84. The number of aromatic nitrogens is 1. The van der Waals surface area contributed by atoms with E-state index in [4.69, 9.17) is 4.74 Å². The van der Waals surface area contributed by atoms with Crippen LogP contribution in [0.4, 0.5) is 13.2 Å². The Morgan fingerprint density at radius 2 is 1.73 bits per heavy atom. The summed E-state index contributed by atoms with van der Waals surface area (Å²) in [5, 5.41) is 9.52. The Balaban J connectivity index is 1.85. The standard InChI is InChI=1S/C20H16F3NO2/c21-20(22,23)19-9-7-15(11-24-19)18-10-17(8-6-16(18)12-25)26-13-14-4-2-1-3-5-14/h1-11,25H,12-13H2. The molecule has 0 bridgehead atoms. The van der Waals surface area contributed by atoms with Crippen molar-refractivity contribution in [2.45, 2.75) is 19.4 Å². The van der Waals surface area contributed by atoms with Gasteiger partial charge in [-0.25, -0.2) is 0 Å². The number of alkyl halides is 3. The lowest BCUT2D eigenvalue weighted by atomic mass is 10.0. The van der Waals surface area contributed by atoms with Gasteiger partial charge in [0.2, 0.25) is 0 Å². The summed E-state index contributed by atoms with van der Waals surface area (Å²) in [4.78, 5) is 3.48. The van der Waals surface area contributed by atoms with Crippen LogP contribution in [0.5, 0.6) is 5.75 Å². The molecule has 0 spiro atoms. The van der Waals surface area contributed by atoms with Gasteiger partial charge in [0.15, 0.2) is 0 Å². The van der Waals surface area contributed by atoms with Gasteiger partial charge in [-0.15, -0.1) is 0 Å². The maximum Gasteiger partial charge on any atom is 0.433 e. The molecule has 0 aliphatic rings. The molecule has 1 heterocycles. The topological polar surface area (TPSA) is 42.4 Å². The molecule has 0 amide bonds. The number of pyridine rings is 1. The lowest BCUT2D eigenvalue weighted by molar-refractivity contribution is -0.141. The van der Waals surface area contributed by atoms with Gasteiger partial charge in [-0.2, -0.15) is 13.2 Å². The van der Waals surface area contributed by atoms with E-state index in [1.54, 1.807) is 18.2 Å². The fraction of sp³-hybridized carbons (Fsp3) is 0.150. The second-order valence-corrected chi connectivity index (χ2v) is 5.68. The van der Waals surface area contributed by atoms with E-state index in [1.165, 1.54) is 6.07 Å². The summed E-state index contributed by atoms with van der Waals surface area (Å²) < 4.78 is 43.8. The third kappa shape index (κ3) is 4.21. The van der Waals surface area contributed by atoms with Gasteiger partial charge < -0.3 is 9.84 Å². The van der Waals surface area contributed by atoms with Crippen molar-refractivity contribution < 1.29 is 23.0 Å². The second kappa shape index (κ2) is 7.58. The smallest absolute Gasteiger partial charge is 0.433 e. The number of aliphatic hydroxyl groups excluding tert-OH is 1. The Labute approximate surface area is 148 Å².